The molecule has 0 spiro atoms. The summed E-state index contributed by atoms with van der Waals surface area (Å²) in [4.78, 5) is 0. The zero-order valence-electron chi connectivity index (χ0n) is 12.9. The number of nitrogens with zero attached hydrogens (tertiary/aromatic N) is 1. The van der Waals surface area contributed by atoms with Crippen molar-refractivity contribution in [3.05, 3.63) is 0 Å². The minimum absolute atomic E-state index is 1.27. The van der Waals surface area contributed by atoms with Gasteiger partial charge in [0.1, 0.15) is 0 Å². The molecular weight excluding hydrogens is 237 g/mol. The van der Waals surface area contributed by atoms with Gasteiger partial charge in [0, 0.05) is 13.1 Å². The summed E-state index contributed by atoms with van der Waals surface area (Å²) in [6.45, 7) is 7.10. The zero-order valence-corrected chi connectivity index (χ0v) is 14.1. The van der Waals surface area contributed by atoms with E-state index in [1.165, 1.54) is 90.1 Å². The maximum absolute atomic E-state index is 2.91. The van der Waals surface area contributed by atoms with E-state index in [2.05, 4.69) is 27.9 Å². The van der Waals surface area contributed by atoms with Crippen LogP contribution >= 0.6 is 9.39 Å². The van der Waals surface area contributed by atoms with E-state index in [1.807, 2.05) is 0 Å². The van der Waals surface area contributed by atoms with Gasteiger partial charge in [0.05, 0.1) is 0 Å². The van der Waals surface area contributed by atoms with Gasteiger partial charge in [0.15, 0.2) is 0 Å². The Balaban J connectivity index is 3.10. The highest BCUT2D eigenvalue weighted by molar-refractivity contribution is 7.13. The third kappa shape index (κ3) is 14.5. The molecule has 0 aromatic carbocycles. The lowest BCUT2D eigenvalue weighted by Crippen LogP contribution is -2.14. The molecule has 0 rings (SSSR count). The van der Waals surface area contributed by atoms with Crippen molar-refractivity contribution in [2.24, 2.45) is 0 Å². The van der Waals surface area contributed by atoms with Gasteiger partial charge in [-0.05, 0) is 12.8 Å². The van der Waals surface area contributed by atoms with Gasteiger partial charge in [-0.25, -0.2) is 0 Å². The van der Waals surface area contributed by atoms with Crippen molar-refractivity contribution < 1.29 is 0 Å². The Kier molecular flexibility index (Phi) is 15.8. The minimum Gasteiger partial charge on any atom is -0.287 e. The molecule has 0 saturated carbocycles. The topological polar surface area (TPSA) is 3.24 Å². The lowest BCUT2D eigenvalue weighted by molar-refractivity contribution is 0.423. The summed E-state index contributed by atoms with van der Waals surface area (Å²) in [6, 6.07) is 0. The molecule has 0 radical (unpaired) electrons. The monoisotopic (exact) mass is 273 g/mol. The predicted octanol–water partition coefficient (Wildman–Crippen LogP) is 5.80. The number of hydrogen-bond donors (Lipinski definition) is 0. The van der Waals surface area contributed by atoms with Crippen LogP contribution in [0.1, 0.15) is 90.9 Å². The van der Waals surface area contributed by atoms with Crippen LogP contribution in [-0.2, 0) is 0 Å². The van der Waals surface area contributed by atoms with E-state index in [0.717, 1.165) is 0 Å². The summed E-state index contributed by atoms with van der Waals surface area (Å²) < 4.78 is 2.44. The van der Waals surface area contributed by atoms with Gasteiger partial charge >= 0.3 is 0 Å². The fourth-order valence-corrected chi connectivity index (χ4v) is 2.67. The van der Waals surface area contributed by atoms with Crippen LogP contribution in [-0.4, -0.2) is 17.8 Å². The lowest BCUT2D eigenvalue weighted by atomic mass is 10.1. The van der Waals surface area contributed by atoms with E-state index in [1.54, 1.807) is 0 Å². The van der Waals surface area contributed by atoms with Gasteiger partial charge in [-0.2, -0.15) is 0 Å². The number of hydrogen-bond acceptors (Lipinski definition) is 1. The normalized spacial score (nSPS) is 11.3. The minimum atomic E-state index is 1.27. The van der Waals surface area contributed by atoms with Crippen molar-refractivity contribution in [2.75, 3.05) is 13.1 Å². The van der Waals surface area contributed by atoms with Gasteiger partial charge in [-0.15, -0.1) is 0 Å². The molecule has 1 unspecified atom stereocenters. The summed E-state index contributed by atoms with van der Waals surface area (Å²) in [7, 11) is 2.91. The van der Waals surface area contributed by atoms with Crippen molar-refractivity contribution in [1.82, 2.24) is 4.67 Å². The molecule has 0 aromatic rings. The van der Waals surface area contributed by atoms with Crippen LogP contribution in [0.25, 0.3) is 0 Å². The highest BCUT2D eigenvalue weighted by Gasteiger charge is 1.98. The van der Waals surface area contributed by atoms with E-state index in [0.29, 0.717) is 0 Å². The molecule has 18 heavy (non-hydrogen) atoms. The van der Waals surface area contributed by atoms with E-state index in [-0.39, 0.29) is 0 Å². The highest BCUT2D eigenvalue weighted by atomic mass is 31.0. The van der Waals surface area contributed by atoms with Gasteiger partial charge in [-0.3, -0.25) is 4.67 Å². The van der Waals surface area contributed by atoms with Crippen LogP contribution in [0.2, 0.25) is 0 Å². The van der Waals surface area contributed by atoms with Crippen molar-refractivity contribution in [3.8, 4) is 0 Å². The smallest absolute Gasteiger partial charge is 0.00161 e. The van der Waals surface area contributed by atoms with Crippen molar-refractivity contribution >= 4 is 9.39 Å². The molecule has 110 valence electrons. The number of unbranched alkanes of at least 4 members (excludes halogenated alkanes) is 10. The second kappa shape index (κ2) is 15.4. The molecule has 0 aliphatic heterocycles. The average Bonchev–Trinajstić information content (AvgIpc) is 2.38. The molecule has 0 aliphatic carbocycles. The van der Waals surface area contributed by atoms with Crippen LogP contribution in [0, 0.1) is 0 Å². The van der Waals surface area contributed by atoms with Gasteiger partial charge in [0.25, 0.3) is 0 Å². The molecule has 1 atom stereocenters. The quantitative estimate of drug-likeness (QED) is 0.285. The van der Waals surface area contributed by atoms with Crippen LogP contribution in [0.3, 0.4) is 0 Å². The second-order valence-corrected chi connectivity index (χ2v) is 6.30. The Bertz CT molecular complexity index is 134. The first-order chi connectivity index (χ1) is 8.81. The largest absolute Gasteiger partial charge is 0.287 e. The first-order valence-corrected chi connectivity index (χ1v) is 8.82. The zero-order chi connectivity index (χ0) is 13.5. The molecule has 0 aliphatic rings. The highest BCUT2D eigenvalue weighted by Crippen LogP contribution is 2.10. The van der Waals surface area contributed by atoms with Crippen molar-refractivity contribution in [1.29, 1.82) is 0 Å². The number of rotatable bonds is 14. The van der Waals surface area contributed by atoms with Crippen molar-refractivity contribution in [3.63, 3.8) is 0 Å². The lowest BCUT2D eigenvalue weighted by Gasteiger charge is -2.15. The summed E-state index contributed by atoms with van der Waals surface area (Å²) in [5, 5.41) is 0. The van der Waals surface area contributed by atoms with E-state index in [4.69, 9.17) is 0 Å². The van der Waals surface area contributed by atoms with E-state index < -0.39 is 0 Å². The Morgan fingerprint density at radius 1 is 0.556 bits per heavy atom. The molecule has 0 amide bonds. The fourth-order valence-electron chi connectivity index (χ4n) is 2.30. The fraction of sp³-hybridized carbons (Fsp3) is 1.00. The second-order valence-electron chi connectivity index (χ2n) is 5.57. The summed E-state index contributed by atoms with van der Waals surface area (Å²) >= 11 is 0. The first kappa shape index (κ1) is 18.4. The molecular formula is C16H36NP. The summed E-state index contributed by atoms with van der Waals surface area (Å²) in [6.07, 6.45) is 16.9. The van der Waals surface area contributed by atoms with Crippen molar-refractivity contribution in [2.45, 2.75) is 90.9 Å². The molecule has 1 nitrogen and oxygen atoms in total. The van der Waals surface area contributed by atoms with Gasteiger partial charge in [0.2, 0.25) is 0 Å². The SMILES string of the molecule is CCCCCCCCN(P)CCCCCCCC. The standard InChI is InChI=1S/C16H36NP/c1-3-5-7-9-11-13-15-17(18)16-14-12-10-8-6-4-2/h3-16,18H2,1-2H3. The molecule has 0 N–H and O–H groups in total. The Hall–Kier alpha value is 0.390. The molecule has 0 heterocycles. The Morgan fingerprint density at radius 3 is 1.28 bits per heavy atom. The summed E-state index contributed by atoms with van der Waals surface area (Å²) in [5.74, 6) is 0. The summed E-state index contributed by atoms with van der Waals surface area (Å²) in [5.41, 5.74) is 0. The first-order valence-electron chi connectivity index (χ1n) is 8.30. The van der Waals surface area contributed by atoms with E-state index in [9.17, 15) is 0 Å². The average molecular weight is 273 g/mol. The van der Waals surface area contributed by atoms with E-state index >= 15 is 0 Å². The molecule has 0 aromatic heterocycles. The molecule has 0 fully saturated rings. The Labute approximate surface area is 118 Å². The van der Waals surface area contributed by atoms with Crippen LogP contribution in [0.15, 0.2) is 0 Å². The third-order valence-corrected chi connectivity index (χ3v) is 4.11. The molecule has 0 saturated heterocycles. The van der Waals surface area contributed by atoms with Gasteiger partial charge in [-0.1, -0.05) is 87.4 Å². The van der Waals surface area contributed by atoms with Gasteiger partial charge < -0.3 is 0 Å². The third-order valence-electron chi connectivity index (χ3n) is 3.60. The Morgan fingerprint density at radius 2 is 0.889 bits per heavy atom. The maximum Gasteiger partial charge on any atom is 0.00161 e. The van der Waals surface area contributed by atoms with Crippen LogP contribution < -0.4 is 0 Å². The molecule has 2 heteroatoms. The van der Waals surface area contributed by atoms with Crippen LogP contribution in [0.4, 0.5) is 0 Å². The predicted molar refractivity (Wildman–Crippen MR) is 88.0 cm³/mol. The maximum atomic E-state index is 2.91. The molecule has 0 bridgehead atoms. The van der Waals surface area contributed by atoms with Crippen LogP contribution in [0.5, 0.6) is 0 Å².